The van der Waals surface area contributed by atoms with E-state index in [-0.39, 0.29) is 5.54 Å². The van der Waals surface area contributed by atoms with Crippen LogP contribution in [0.25, 0.3) is 0 Å². The Bertz CT molecular complexity index is 112. The highest BCUT2D eigenvalue weighted by Gasteiger charge is 2.24. The van der Waals surface area contributed by atoms with E-state index in [1.165, 1.54) is 6.42 Å². The summed E-state index contributed by atoms with van der Waals surface area (Å²) in [6.45, 7) is 8.78. The Hall–Kier alpha value is 0.250. The first-order chi connectivity index (χ1) is 4.95. The van der Waals surface area contributed by atoms with Crippen LogP contribution < -0.4 is 0 Å². The third-order valence-electron chi connectivity index (χ3n) is 2.53. The summed E-state index contributed by atoms with van der Waals surface area (Å²) < 4.78 is 0. The maximum atomic E-state index is 5.85. The van der Waals surface area contributed by atoms with Crippen LogP contribution in [0.2, 0.25) is 0 Å². The minimum absolute atomic E-state index is 0.122. The fraction of sp³-hybridized carbons (Fsp3) is 1.00. The molecule has 0 aliphatic heterocycles. The third kappa shape index (κ3) is 3.00. The fourth-order valence-corrected chi connectivity index (χ4v) is 1.15. The van der Waals surface area contributed by atoms with Gasteiger partial charge in [-0.25, -0.2) is 0 Å². The van der Waals surface area contributed by atoms with Gasteiger partial charge in [0.25, 0.3) is 0 Å². The Morgan fingerprint density at radius 1 is 1.45 bits per heavy atom. The van der Waals surface area contributed by atoms with Crippen molar-refractivity contribution in [2.24, 2.45) is 0 Å². The molecule has 11 heavy (non-hydrogen) atoms. The van der Waals surface area contributed by atoms with Crippen LogP contribution >= 0.6 is 11.6 Å². The highest BCUT2D eigenvalue weighted by atomic mass is 35.5. The van der Waals surface area contributed by atoms with Gasteiger partial charge in [-0.2, -0.15) is 0 Å². The molecule has 0 saturated carbocycles. The van der Waals surface area contributed by atoms with Gasteiger partial charge in [0.1, 0.15) is 0 Å². The van der Waals surface area contributed by atoms with Gasteiger partial charge in [-0.3, -0.25) is 4.90 Å². The number of hydrogen-bond donors (Lipinski definition) is 0. The minimum atomic E-state index is 0.122. The summed E-state index contributed by atoms with van der Waals surface area (Å²) in [5, 5.41) is 0. The average Bonchev–Trinajstić information content (AvgIpc) is 2.01. The molecule has 0 saturated heterocycles. The van der Waals surface area contributed by atoms with E-state index < -0.39 is 0 Å². The van der Waals surface area contributed by atoms with Crippen molar-refractivity contribution in [2.45, 2.75) is 45.7 Å². The smallest absolute Gasteiger partial charge is 0.0402 e. The average molecular weight is 178 g/mol. The zero-order chi connectivity index (χ0) is 9.07. The van der Waals surface area contributed by atoms with Crippen molar-refractivity contribution in [2.75, 3.05) is 12.9 Å². The molecule has 0 aromatic heterocycles. The largest absolute Gasteiger partial charge is 0.297 e. The number of halogens is 1. The van der Waals surface area contributed by atoms with E-state index in [4.69, 9.17) is 11.6 Å². The highest BCUT2D eigenvalue weighted by Crippen LogP contribution is 2.18. The predicted octanol–water partition coefficient (Wildman–Crippen LogP) is 2.73. The Balaban J connectivity index is 4.10. The summed E-state index contributed by atoms with van der Waals surface area (Å²) in [6, 6.07) is 0.615. The highest BCUT2D eigenvalue weighted by molar-refractivity contribution is 6.18. The second kappa shape index (κ2) is 4.32. The van der Waals surface area contributed by atoms with E-state index in [1.54, 1.807) is 0 Å². The van der Waals surface area contributed by atoms with Gasteiger partial charge < -0.3 is 0 Å². The quantitative estimate of drug-likeness (QED) is 0.597. The van der Waals surface area contributed by atoms with Crippen LogP contribution in [0.3, 0.4) is 0 Å². The third-order valence-corrected chi connectivity index (χ3v) is 3.19. The van der Waals surface area contributed by atoms with Gasteiger partial charge >= 0.3 is 0 Å². The van der Waals surface area contributed by atoms with E-state index in [1.807, 2.05) is 0 Å². The molecular weight excluding hydrogens is 158 g/mol. The molecule has 0 N–H and O–H groups in total. The first-order valence-corrected chi connectivity index (χ1v) is 4.78. The van der Waals surface area contributed by atoms with Gasteiger partial charge in [-0.05, 0) is 34.2 Å². The molecule has 0 amide bonds. The van der Waals surface area contributed by atoms with Crippen LogP contribution in [0.5, 0.6) is 0 Å². The van der Waals surface area contributed by atoms with Crippen molar-refractivity contribution in [3.8, 4) is 0 Å². The fourth-order valence-electron chi connectivity index (χ4n) is 0.965. The molecule has 1 atom stereocenters. The molecule has 0 heterocycles. The van der Waals surface area contributed by atoms with Gasteiger partial charge in [-0.1, -0.05) is 6.92 Å². The first kappa shape index (κ1) is 11.2. The molecule has 2 heteroatoms. The summed E-state index contributed by atoms with van der Waals surface area (Å²) in [5.74, 6) is 0.688. The van der Waals surface area contributed by atoms with Gasteiger partial charge in [0.05, 0.1) is 0 Å². The van der Waals surface area contributed by atoms with Crippen molar-refractivity contribution >= 4 is 11.6 Å². The monoisotopic (exact) mass is 177 g/mol. The SMILES string of the molecule is CCC(C)N(C)C(C)(C)CCl. The van der Waals surface area contributed by atoms with E-state index in [2.05, 4.69) is 39.6 Å². The number of alkyl halides is 1. The van der Waals surface area contributed by atoms with Crippen molar-refractivity contribution in [1.82, 2.24) is 4.90 Å². The zero-order valence-corrected chi connectivity index (χ0v) is 9.07. The molecule has 1 nitrogen and oxygen atoms in total. The van der Waals surface area contributed by atoms with Crippen LogP contribution in [0, 0.1) is 0 Å². The Morgan fingerprint density at radius 3 is 2.18 bits per heavy atom. The van der Waals surface area contributed by atoms with Gasteiger partial charge in [0.2, 0.25) is 0 Å². The summed E-state index contributed by atoms with van der Waals surface area (Å²) in [4.78, 5) is 2.33. The van der Waals surface area contributed by atoms with Crippen molar-refractivity contribution in [3.05, 3.63) is 0 Å². The topological polar surface area (TPSA) is 3.24 Å². The zero-order valence-electron chi connectivity index (χ0n) is 8.32. The number of nitrogens with zero attached hydrogens (tertiary/aromatic N) is 1. The van der Waals surface area contributed by atoms with E-state index in [0.29, 0.717) is 11.9 Å². The minimum Gasteiger partial charge on any atom is -0.297 e. The molecule has 0 aromatic carbocycles. The standard InChI is InChI=1S/C9H20ClN/c1-6-8(2)11(5)9(3,4)7-10/h8H,6-7H2,1-5H3. The maximum Gasteiger partial charge on any atom is 0.0402 e. The molecule has 0 fully saturated rings. The van der Waals surface area contributed by atoms with E-state index in [9.17, 15) is 0 Å². The Labute approximate surface area is 75.7 Å². The van der Waals surface area contributed by atoms with E-state index >= 15 is 0 Å². The van der Waals surface area contributed by atoms with Crippen molar-refractivity contribution in [3.63, 3.8) is 0 Å². The molecule has 0 rings (SSSR count). The van der Waals surface area contributed by atoms with Crippen LogP contribution in [-0.2, 0) is 0 Å². The normalized spacial score (nSPS) is 15.5. The Morgan fingerprint density at radius 2 is 1.91 bits per heavy atom. The lowest BCUT2D eigenvalue weighted by molar-refractivity contribution is 0.126. The second-order valence-corrected chi connectivity index (χ2v) is 4.08. The molecule has 0 aromatic rings. The first-order valence-electron chi connectivity index (χ1n) is 4.24. The molecule has 0 radical (unpaired) electrons. The summed E-state index contributed by atoms with van der Waals surface area (Å²) in [6.07, 6.45) is 1.18. The summed E-state index contributed by atoms with van der Waals surface area (Å²) >= 11 is 5.85. The number of hydrogen-bond acceptors (Lipinski definition) is 1. The summed E-state index contributed by atoms with van der Waals surface area (Å²) in [5.41, 5.74) is 0.122. The predicted molar refractivity (Wildman–Crippen MR) is 52.3 cm³/mol. The molecule has 0 bridgehead atoms. The molecule has 0 spiro atoms. The Kier molecular flexibility index (Phi) is 4.42. The summed E-state index contributed by atoms with van der Waals surface area (Å²) in [7, 11) is 2.14. The molecular formula is C9H20ClN. The van der Waals surface area contributed by atoms with Crippen molar-refractivity contribution < 1.29 is 0 Å². The van der Waals surface area contributed by atoms with Gasteiger partial charge in [0, 0.05) is 17.5 Å². The molecule has 68 valence electrons. The molecule has 0 aliphatic carbocycles. The van der Waals surface area contributed by atoms with Crippen molar-refractivity contribution in [1.29, 1.82) is 0 Å². The van der Waals surface area contributed by atoms with E-state index in [0.717, 1.165) is 0 Å². The maximum absolute atomic E-state index is 5.85. The van der Waals surface area contributed by atoms with Crippen LogP contribution in [0.4, 0.5) is 0 Å². The van der Waals surface area contributed by atoms with Gasteiger partial charge in [-0.15, -0.1) is 11.6 Å². The lowest BCUT2D eigenvalue weighted by Crippen LogP contribution is -2.47. The number of rotatable bonds is 4. The lowest BCUT2D eigenvalue weighted by Gasteiger charge is -2.38. The van der Waals surface area contributed by atoms with Crippen LogP contribution in [0.1, 0.15) is 34.1 Å². The molecule has 0 aliphatic rings. The van der Waals surface area contributed by atoms with Gasteiger partial charge in [0.15, 0.2) is 0 Å². The van der Waals surface area contributed by atoms with Crippen LogP contribution in [-0.4, -0.2) is 29.4 Å². The lowest BCUT2D eigenvalue weighted by atomic mass is 10.0. The molecule has 1 unspecified atom stereocenters. The second-order valence-electron chi connectivity index (χ2n) is 3.81. The van der Waals surface area contributed by atoms with Crippen LogP contribution in [0.15, 0.2) is 0 Å².